The average Bonchev–Trinajstić information content (AvgIpc) is 2.91. The van der Waals surface area contributed by atoms with Crippen LogP contribution in [0, 0.1) is 11.6 Å². The van der Waals surface area contributed by atoms with Crippen molar-refractivity contribution in [3.8, 4) is 28.3 Å². The molecule has 214 valence electrons. The maximum absolute atomic E-state index is 15.4. The van der Waals surface area contributed by atoms with Gasteiger partial charge in [-0.15, -0.1) is 0 Å². The van der Waals surface area contributed by atoms with E-state index in [-0.39, 0.29) is 34.4 Å². The first kappa shape index (κ1) is 30.4. The molecule has 0 bridgehead atoms. The van der Waals surface area contributed by atoms with Crippen LogP contribution >= 0.6 is 0 Å². The number of nitrogens with one attached hydrogen (secondary N) is 1. The number of aromatic nitrogens is 3. The zero-order valence-electron chi connectivity index (χ0n) is 22.7. The summed E-state index contributed by atoms with van der Waals surface area (Å²) < 4.78 is 66.9. The van der Waals surface area contributed by atoms with Crippen LogP contribution in [-0.2, 0) is 14.8 Å². The van der Waals surface area contributed by atoms with Crippen molar-refractivity contribution in [2.24, 2.45) is 0 Å². The Morgan fingerprint density at radius 3 is 2.27 bits per heavy atom. The van der Waals surface area contributed by atoms with Crippen molar-refractivity contribution in [1.82, 2.24) is 15.0 Å². The molecule has 0 aliphatic rings. The lowest BCUT2D eigenvalue weighted by Gasteiger charge is -2.15. The minimum Gasteiger partial charge on any atom is -0.494 e. The normalized spacial score (nSPS) is 11.2. The number of ether oxygens (including phenoxy) is 2. The van der Waals surface area contributed by atoms with E-state index in [1.807, 2.05) is 13.8 Å². The molecule has 10 nitrogen and oxygen atoms in total. The highest BCUT2D eigenvalue weighted by Crippen LogP contribution is 2.38. The van der Waals surface area contributed by atoms with Gasteiger partial charge in [0.05, 0.1) is 24.1 Å². The number of sulfonamides is 1. The summed E-state index contributed by atoms with van der Waals surface area (Å²) in [5, 5.41) is 0.294. The van der Waals surface area contributed by atoms with Crippen molar-refractivity contribution in [1.29, 1.82) is 0 Å². The van der Waals surface area contributed by atoms with Crippen LogP contribution in [0.2, 0.25) is 0 Å². The highest BCUT2D eigenvalue weighted by atomic mass is 32.2. The van der Waals surface area contributed by atoms with E-state index in [1.165, 1.54) is 25.4 Å². The van der Waals surface area contributed by atoms with Gasteiger partial charge in [-0.3, -0.25) is 4.72 Å². The van der Waals surface area contributed by atoms with E-state index in [9.17, 15) is 12.8 Å². The highest BCUT2D eigenvalue weighted by molar-refractivity contribution is 7.92. The molecule has 0 unspecified atom stereocenters. The summed E-state index contributed by atoms with van der Waals surface area (Å²) in [5.74, 6) is -1.36. The van der Waals surface area contributed by atoms with Crippen LogP contribution in [0.5, 0.6) is 5.75 Å². The third-order valence-electron chi connectivity index (χ3n) is 5.59. The van der Waals surface area contributed by atoms with Crippen molar-refractivity contribution in [3.63, 3.8) is 0 Å². The van der Waals surface area contributed by atoms with Crippen LogP contribution in [0.1, 0.15) is 27.2 Å². The second-order valence-corrected chi connectivity index (χ2v) is 10.3. The fourth-order valence-corrected chi connectivity index (χ4v) is 4.91. The van der Waals surface area contributed by atoms with Crippen LogP contribution in [0.15, 0.2) is 42.6 Å². The van der Waals surface area contributed by atoms with Gasteiger partial charge in [-0.2, -0.15) is 0 Å². The van der Waals surface area contributed by atoms with Crippen molar-refractivity contribution >= 4 is 38.2 Å². The molecule has 0 aliphatic carbocycles. The van der Waals surface area contributed by atoms with Gasteiger partial charge in [0.15, 0.2) is 11.6 Å². The van der Waals surface area contributed by atoms with Gasteiger partial charge in [-0.1, -0.05) is 6.92 Å². The molecule has 0 saturated carbocycles. The van der Waals surface area contributed by atoms with Gasteiger partial charge >= 0.3 is 0 Å². The fourth-order valence-electron chi connectivity index (χ4n) is 3.78. The van der Waals surface area contributed by atoms with Crippen molar-refractivity contribution in [3.05, 3.63) is 54.2 Å². The zero-order valence-corrected chi connectivity index (χ0v) is 23.5. The number of nitrogens with zero attached hydrogens (tertiary/aromatic N) is 3. The number of methoxy groups -OCH3 is 1. The van der Waals surface area contributed by atoms with Gasteiger partial charge in [0.25, 0.3) is 0 Å². The topological polar surface area (TPSA) is 155 Å². The quantitative estimate of drug-likeness (QED) is 0.250. The molecule has 0 fully saturated rings. The molecule has 0 radical (unpaired) electrons. The highest BCUT2D eigenvalue weighted by Gasteiger charge is 2.22. The predicted octanol–water partition coefficient (Wildman–Crippen LogP) is 5.00. The molecule has 0 spiro atoms. The predicted molar refractivity (Wildman–Crippen MR) is 153 cm³/mol. The second-order valence-electron chi connectivity index (χ2n) is 8.47. The van der Waals surface area contributed by atoms with E-state index in [4.69, 9.17) is 20.9 Å². The molecule has 0 amide bonds. The molecule has 40 heavy (non-hydrogen) atoms. The molecular formula is C27H32F2N6O4S. The summed E-state index contributed by atoms with van der Waals surface area (Å²) in [6, 6.07) is 8.10. The zero-order chi connectivity index (χ0) is 29.4. The van der Waals surface area contributed by atoms with E-state index < -0.39 is 27.2 Å². The second kappa shape index (κ2) is 13.3. The number of hydrogen-bond acceptors (Lipinski definition) is 9. The molecule has 4 rings (SSSR count). The Morgan fingerprint density at radius 2 is 1.70 bits per heavy atom. The van der Waals surface area contributed by atoms with E-state index in [0.29, 0.717) is 28.7 Å². The molecule has 0 atom stereocenters. The molecule has 2 aromatic carbocycles. The molecular weight excluding hydrogens is 542 g/mol. The summed E-state index contributed by atoms with van der Waals surface area (Å²) in [5.41, 5.74) is 11.9. The van der Waals surface area contributed by atoms with Crippen LogP contribution < -0.4 is 20.9 Å². The maximum atomic E-state index is 15.4. The Bertz CT molecular complexity index is 1580. The van der Waals surface area contributed by atoms with Crippen LogP contribution in [-0.4, -0.2) is 49.4 Å². The number of anilines is 3. The molecule has 0 saturated heterocycles. The standard InChI is InChI=1S/C23H22F2N6O3S.C4H10O/c1-3-8-35(32,33)31-16-6-5-15(24)19(20(16)25)13-9-14-21(17(10-13)34-2)29-23(30-22(14)27)12-4-7-18(26)28-11-12;1-3-5-4-2/h4-7,9-11,31H,3,8H2,1-2H3,(H2,26,28)(H2,27,29,30);3-4H2,1-2H3. The molecule has 13 heteroatoms. The van der Waals surface area contributed by atoms with Gasteiger partial charge < -0.3 is 20.9 Å². The Morgan fingerprint density at radius 1 is 0.975 bits per heavy atom. The first-order valence-electron chi connectivity index (χ1n) is 12.5. The number of fused-ring (bicyclic) bond motifs is 1. The summed E-state index contributed by atoms with van der Waals surface area (Å²) in [6.07, 6.45) is 1.83. The first-order valence-corrected chi connectivity index (χ1v) is 14.1. The van der Waals surface area contributed by atoms with Gasteiger partial charge in [0.2, 0.25) is 10.0 Å². The van der Waals surface area contributed by atoms with Crippen molar-refractivity contribution in [2.75, 3.05) is 42.3 Å². The number of nitrogens with two attached hydrogens (primary N) is 2. The summed E-state index contributed by atoms with van der Waals surface area (Å²) in [4.78, 5) is 12.8. The minimum atomic E-state index is -3.80. The van der Waals surface area contributed by atoms with Crippen LogP contribution in [0.4, 0.5) is 26.1 Å². The maximum Gasteiger partial charge on any atom is 0.232 e. The number of rotatable bonds is 9. The third kappa shape index (κ3) is 7.10. The van der Waals surface area contributed by atoms with Crippen LogP contribution in [0.3, 0.4) is 0 Å². The molecule has 0 aliphatic heterocycles. The average molecular weight is 575 g/mol. The van der Waals surface area contributed by atoms with Gasteiger partial charge in [0.1, 0.15) is 28.7 Å². The first-order chi connectivity index (χ1) is 19.0. The van der Waals surface area contributed by atoms with Gasteiger partial charge in [0, 0.05) is 30.4 Å². The van der Waals surface area contributed by atoms with E-state index >= 15 is 4.39 Å². The largest absolute Gasteiger partial charge is 0.494 e. The number of benzene rings is 2. The molecule has 2 heterocycles. The van der Waals surface area contributed by atoms with E-state index in [0.717, 1.165) is 25.3 Å². The summed E-state index contributed by atoms with van der Waals surface area (Å²) >= 11 is 0. The summed E-state index contributed by atoms with van der Waals surface area (Å²) in [6.45, 7) is 7.34. The monoisotopic (exact) mass is 574 g/mol. The Hall–Kier alpha value is -4.10. The Kier molecular flexibility index (Phi) is 10.1. The molecule has 4 aromatic rings. The number of nitrogen functional groups attached to an aromatic ring is 2. The van der Waals surface area contributed by atoms with Crippen LogP contribution in [0.25, 0.3) is 33.4 Å². The third-order valence-corrected chi connectivity index (χ3v) is 7.06. The SMILES string of the molecule is CCCS(=O)(=O)Nc1ccc(F)c(-c2cc(OC)c3nc(-c4ccc(N)nc4)nc(N)c3c2)c1F.CCOCC. The lowest BCUT2D eigenvalue weighted by Crippen LogP contribution is -2.17. The Labute approximate surface area is 231 Å². The molecule has 5 N–H and O–H groups in total. The smallest absolute Gasteiger partial charge is 0.232 e. The van der Waals surface area contributed by atoms with Crippen molar-refractivity contribution < 1.29 is 26.7 Å². The Balaban J connectivity index is 0.000000810. The molecule has 2 aromatic heterocycles. The van der Waals surface area contributed by atoms with E-state index in [2.05, 4.69) is 19.7 Å². The minimum absolute atomic E-state index is 0.0441. The number of halogens is 2. The number of hydrogen-bond donors (Lipinski definition) is 3. The van der Waals surface area contributed by atoms with Gasteiger partial charge in [-0.25, -0.2) is 32.2 Å². The lowest BCUT2D eigenvalue weighted by atomic mass is 10.0. The van der Waals surface area contributed by atoms with E-state index in [1.54, 1.807) is 19.1 Å². The lowest BCUT2D eigenvalue weighted by molar-refractivity contribution is 0.162. The van der Waals surface area contributed by atoms with Gasteiger partial charge in [-0.05, 0) is 62.2 Å². The van der Waals surface area contributed by atoms with Crippen molar-refractivity contribution in [2.45, 2.75) is 27.2 Å². The summed E-state index contributed by atoms with van der Waals surface area (Å²) in [7, 11) is -2.42. The number of pyridine rings is 1. The fraction of sp³-hybridized carbons (Fsp3) is 0.296.